The van der Waals surface area contributed by atoms with Gasteiger partial charge in [0.25, 0.3) is 0 Å². The Labute approximate surface area is 266 Å². The molecule has 0 N–H and O–H groups in total. The van der Waals surface area contributed by atoms with Gasteiger partial charge < -0.3 is 18.9 Å². The lowest BCUT2D eigenvalue weighted by Crippen LogP contribution is -2.20. The van der Waals surface area contributed by atoms with Crippen LogP contribution < -0.4 is 9.47 Å². The topological polar surface area (TPSA) is 114 Å². The van der Waals surface area contributed by atoms with Crippen LogP contribution in [0.2, 0.25) is 0 Å². The fourth-order valence-corrected chi connectivity index (χ4v) is 4.66. The van der Waals surface area contributed by atoms with Gasteiger partial charge in [-0.1, -0.05) is 76.8 Å². The summed E-state index contributed by atoms with van der Waals surface area (Å²) in [5, 5.41) is 0. The molecule has 1 heterocycles. The van der Waals surface area contributed by atoms with E-state index < -0.39 is 24.0 Å². The lowest BCUT2D eigenvalue weighted by atomic mass is 10.1. The molecule has 0 bridgehead atoms. The van der Waals surface area contributed by atoms with Crippen LogP contribution in [0.1, 0.15) is 112 Å². The number of nitrogens with zero attached hydrogens (tertiary/aromatic N) is 2. The molecule has 0 aliphatic rings. The smallest absolute Gasteiger partial charge is 0.343 e. The number of benzene rings is 2. The Balaban J connectivity index is 1.38. The van der Waals surface area contributed by atoms with Gasteiger partial charge in [0, 0.05) is 5.56 Å². The Morgan fingerprint density at radius 2 is 1.31 bits per heavy atom. The zero-order valence-corrected chi connectivity index (χ0v) is 26.8. The lowest BCUT2D eigenvalue weighted by Gasteiger charge is -2.12. The monoisotopic (exact) mass is 618 g/mol. The van der Waals surface area contributed by atoms with E-state index in [1.807, 2.05) is 0 Å². The number of carbonyl (C=O) groups is 3. The van der Waals surface area contributed by atoms with E-state index in [9.17, 15) is 14.4 Å². The zero-order valence-electron chi connectivity index (χ0n) is 26.8. The Morgan fingerprint density at radius 3 is 1.91 bits per heavy atom. The van der Waals surface area contributed by atoms with Crippen molar-refractivity contribution in [3.63, 3.8) is 0 Å². The van der Waals surface area contributed by atoms with Crippen molar-refractivity contribution in [2.75, 3.05) is 13.2 Å². The molecule has 9 heteroatoms. The lowest BCUT2D eigenvalue weighted by molar-refractivity contribution is -0.145. The number of unbranched alkanes of at least 4 members (excludes halogenated alkanes) is 9. The maximum absolute atomic E-state index is 12.7. The first-order valence-electron chi connectivity index (χ1n) is 16.1. The van der Waals surface area contributed by atoms with Gasteiger partial charge in [-0.2, -0.15) is 0 Å². The summed E-state index contributed by atoms with van der Waals surface area (Å²) >= 11 is 0. The predicted molar refractivity (Wildman–Crippen MR) is 172 cm³/mol. The number of hydrogen-bond donors (Lipinski definition) is 0. The zero-order chi connectivity index (χ0) is 32.3. The number of esters is 3. The molecule has 0 unspecified atom stereocenters. The normalized spacial score (nSPS) is 11.4. The first-order valence-corrected chi connectivity index (χ1v) is 16.1. The van der Waals surface area contributed by atoms with Crippen LogP contribution in [0, 0.1) is 0 Å². The van der Waals surface area contributed by atoms with E-state index in [2.05, 4.69) is 16.9 Å². The molecular formula is C36H46N2O7. The minimum absolute atomic E-state index is 0.0279. The summed E-state index contributed by atoms with van der Waals surface area (Å²) in [5.41, 5.74) is 2.10. The van der Waals surface area contributed by atoms with E-state index >= 15 is 0 Å². The molecule has 3 rings (SSSR count). The molecular weight excluding hydrogens is 572 g/mol. The Kier molecular flexibility index (Phi) is 15.6. The highest BCUT2D eigenvalue weighted by Gasteiger charge is 2.17. The molecule has 9 nitrogen and oxygen atoms in total. The number of carbonyl (C=O) groups excluding carboxylic acids is 3. The highest BCUT2D eigenvalue weighted by atomic mass is 16.6. The maximum atomic E-state index is 12.7. The van der Waals surface area contributed by atoms with E-state index in [1.165, 1.54) is 75.6 Å². The van der Waals surface area contributed by atoms with Gasteiger partial charge in [-0.25, -0.2) is 19.6 Å². The van der Waals surface area contributed by atoms with Crippen molar-refractivity contribution < 1.29 is 33.3 Å². The van der Waals surface area contributed by atoms with Crippen molar-refractivity contribution in [2.45, 2.75) is 97.5 Å². The number of hydrogen-bond acceptors (Lipinski definition) is 9. The fourth-order valence-electron chi connectivity index (χ4n) is 4.66. The third-order valence-electron chi connectivity index (χ3n) is 7.16. The Hall–Kier alpha value is -4.27. The first-order chi connectivity index (χ1) is 21.9. The largest absolute Gasteiger partial charge is 0.477 e. The van der Waals surface area contributed by atoms with Crippen LogP contribution in [0.25, 0.3) is 11.3 Å². The second-order valence-corrected chi connectivity index (χ2v) is 11.0. The van der Waals surface area contributed by atoms with Crippen molar-refractivity contribution in [3.05, 3.63) is 72.1 Å². The minimum atomic E-state index is -0.631. The molecule has 242 valence electrons. The van der Waals surface area contributed by atoms with Gasteiger partial charge in [-0.05, 0) is 56.7 Å². The molecule has 0 spiro atoms. The van der Waals surface area contributed by atoms with Crippen LogP contribution in [0.3, 0.4) is 0 Å². The summed E-state index contributed by atoms with van der Waals surface area (Å²) in [6.07, 6.45) is 15.4. The number of rotatable bonds is 20. The highest BCUT2D eigenvalue weighted by Crippen LogP contribution is 2.21. The van der Waals surface area contributed by atoms with Crippen molar-refractivity contribution in [3.8, 4) is 22.9 Å². The Bertz CT molecular complexity index is 1310. The molecule has 0 saturated carbocycles. The second kappa shape index (κ2) is 19.9. The van der Waals surface area contributed by atoms with Gasteiger partial charge in [0.1, 0.15) is 11.9 Å². The average Bonchev–Trinajstić information content (AvgIpc) is 3.04. The summed E-state index contributed by atoms with van der Waals surface area (Å²) in [4.78, 5) is 45.4. The van der Waals surface area contributed by atoms with Crippen LogP contribution in [0.15, 0.2) is 60.9 Å². The van der Waals surface area contributed by atoms with E-state index in [0.717, 1.165) is 18.4 Å². The SMILES string of the molecule is CCCCCCCCCCCCOc1cnc(-c2ccc(C(=O)Oc3ccc(C(=O)O[C@H](C)CC(=O)OCC)cc3)cc2)cn1. The fraction of sp³-hybridized carbons (Fsp3) is 0.472. The third kappa shape index (κ3) is 13.1. The average molecular weight is 619 g/mol. The summed E-state index contributed by atoms with van der Waals surface area (Å²) in [7, 11) is 0. The van der Waals surface area contributed by atoms with Crippen molar-refractivity contribution in [2.24, 2.45) is 0 Å². The summed E-state index contributed by atoms with van der Waals surface area (Å²) in [5.74, 6) is -0.780. The van der Waals surface area contributed by atoms with Crippen LogP contribution in [0.5, 0.6) is 11.6 Å². The number of aromatic nitrogens is 2. The first kappa shape index (κ1) is 35.2. The van der Waals surface area contributed by atoms with E-state index in [1.54, 1.807) is 50.5 Å². The van der Waals surface area contributed by atoms with Gasteiger partial charge in [-0.15, -0.1) is 0 Å². The molecule has 0 amide bonds. The molecule has 0 fully saturated rings. The minimum Gasteiger partial charge on any atom is -0.477 e. The maximum Gasteiger partial charge on any atom is 0.343 e. The predicted octanol–water partition coefficient (Wildman–Crippen LogP) is 8.16. The molecule has 45 heavy (non-hydrogen) atoms. The third-order valence-corrected chi connectivity index (χ3v) is 7.16. The highest BCUT2D eigenvalue weighted by molar-refractivity contribution is 5.92. The number of ether oxygens (including phenoxy) is 4. The molecule has 1 atom stereocenters. The molecule has 1 aromatic heterocycles. The van der Waals surface area contributed by atoms with Gasteiger partial charge >= 0.3 is 17.9 Å². The van der Waals surface area contributed by atoms with E-state index in [4.69, 9.17) is 18.9 Å². The Morgan fingerprint density at radius 1 is 0.711 bits per heavy atom. The summed E-state index contributed by atoms with van der Waals surface area (Å²) < 4.78 is 21.4. The van der Waals surface area contributed by atoms with E-state index in [0.29, 0.717) is 23.7 Å². The molecule has 2 aromatic carbocycles. The van der Waals surface area contributed by atoms with Gasteiger partial charge in [0.2, 0.25) is 5.88 Å². The van der Waals surface area contributed by atoms with Gasteiger partial charge in [0.05, 0.1) is 48.8 Å². The van der Waals surface area contributed by atoms with Crippen molar-refractivity contribution in [1.29, 1.82) is 0 Å². The van der Waals surface area contributed by atoms with Crippen molar-refractivity contribution >= 4 is 17.9 Å². The molecule has 0 radical (unpaired) electrons. The second-order valence-electron chi connectivity index (χ2n) is 11.0. The quantitative estimate of drug-likeness (QED) is 0.0703. The standard InChI is InChI=1S/C36H46N2O7/c1-4-6-7-8-9-10-11-12-13-14-23-43-33-26-37-32(25-38-33)28-15-17-29(18-16-28)36(41)45-31-21-19-30(20-22-31)35(40)44-27(3)24-34(39)42-5-2/h15-22,25-27H,4-14,23-24H2,1-3H3/t27-/m1/s1. The van der Waals surface area contributed by atoms with Crippen LogP contribution >= 0.6 is 0 Å². The van der Waals surface area contributed by atoms with Crippen LogP contribution in [-0.4, -0.2) is 47.2 Å². The summed E-state index contributed by atoms with van der Waals surface area (Å²) in [6.45, 7) is 6.47. The molecule has 3 aromatic rings. The van der Waals surface area contributed by atoms with Crippen LogP contribution in [-0.2, 0) is 14.3 Å². The van der Waals surface area contributed by atoms with Crippen LogP contribution in [0.4, 0.5) is 0 Å². The van der Waals surface area contributed by atoms with Crippen molar-refractivity contribution in [1.82, 2.24) is 9.97 Å². The molecule has 0 aliphatic carbocycles. The van der Waals surface area contributed by atoms with E-state index in [-0.39, 0.29) is 24.3 Å². The molecule has 0 aliphatic heterocycles. The van der Waals surface area contributed by atoms with Gasteiger partial charge in [0.15, 0.2) is 0 Å². The van der Waals surface area contributed by atoms with Gasteiger partial charge in [-0.3, -0.25) is 4.79 Å². The molecule has 0 saturated heterocycles. The summed E-state index contributed by atoms with van der Waals surface area (Å²) in [6, 6.07) is 12.9.